The lowest BCUT2D eigenvalue weighted by Crippen LogP contribution is -2.16. The summed E-state index contributed by atoms with van der Waals surface area (Å²) >= 11 is 0. The monoisotopic (exact) mass is 264 g/mol. The van der Waals surface area contributed by atoms with Gasteiger partial charge in [0.15, 0.2) is 0 Å². The molecule has 0 aliphatic heterocycles. The summed E-state index contributed by atoms with van der Waals surface area (Å²) in [5, 5.41) is 16.7. The fourth-order valence-corrected chi connectivity index (χ4v) is 1.59. The van der Waals surface area contributed by atoms with E-state index in [0.29, 0.717) is 16.9 Å². The number of oxime groups is 1. The molecule has 2 amide bonds. The van der Waals surface area contributed by atoms with Gasteiger partial charge in [-0.1, -0.05) is 5.16 Å². The first kappa shape index (κ1) is 14.5. The maximum atomic E-state index is 11.0. The molecule has 0 atom stereocenters. The number of amidine groups is 1. The van der Waals surface area contributed by atoms with Gasteiger partial charge >= 0.3 is 0 Å². The minimum absolute atomic E-state index is 0.0359. The molecule has 5 N–H and O–H groups in total. The van der Waals surface area contributed by atoms with Crippen molar-refractivity contribution >= 4 is 29.0 Å². The lowest BCUT2D eigenvalue weighted by Gasteiger charge is -2.10. The van der Waals surface area contributed by atoms with Gasteiger partial charge in [-0.05, 0) is 23.8 Å². The van der Waals surface area contributed by atoms with Gasteiger partial charge in [0.25, 0.3) is 0 Å². The lowest BCUT2D eigenvalue weighted by molar-refractivity contribution is -0.115. The number of hydrogen-bond donors (Lipinski definition) is 4. The van der Waals surface area contributed by atoms with E-state index in [0.717, 1.165) is 0 Å². The van der Waals surface area contributed by atoms with Crippen LogP contribution in [-0.2, 0) is 16.0 Å². The summed E-state index contributed by atoms with van der Waals surface area (Å²) in [5.74, 6) is -0.418. The number of hydrogen-bond acceptors (Lipinski definition) is 4. The molecule has 0 heterocycles. The predicted molar refractivity (Wildman–Crippen MR) is 72.2 cm³/mol. The van der Waals surface area contributed by atoms with E-state index in [-0.39, 0.29) is 24.1 Å². The summed E-state index contributed by atoms with van der Waals surface area (Å²) in [6.07, 6.45) is 0.205. The van der Waals surface area contributed by atoms with Crippen molar-refractivity contribution in [2.24, 2.45) is 10.9 Å². The maximum absolute atomic E-state index is 11.0. The molecule has 0 aliphatic carbocycles. The van der Waals surface area contributed by atoms with Crippen LogP contribution in [0.25, 0.3) is 0 Å². The Morgan fingerprint density at radius 2 is 1.63 bits per heavy atom. The molecular formula is C12H16N4O3. The molecule has 1 aromatic rings. The Labute approximate surface area is 110 Å². The number of rotatable bonds is 4. The maximum Gasteiger partial charge on any atom is 0.221 e. The van der Waals surface area contributed by atoms with Crippen LogP contribution in [0, 0.1) is 0 Å². The van der Waals surface area contributed by atoms with Gasteiger partial charge in [-0.3, -0.25) is 9.59 Å². The third-order valence-corrected chi connectivity index (χ3v) is 2.15. The topological polar surface area (TPSA) is 117 Å². The average molecular weight is 264 g/mol. The van der Waals surface area contributed by atoms with Crippen molar-refractivity contribution in [3.05, 3.63) is 23.8 Å². The van der Waals surface area contributed by atoms with E-state index in [4.69, 9.17) is 10.9 Å². The van der Waals surface area contributed by atoms with Gasteiger partial charge in [0.05, 0.1) is 0 Å². The molecule has 0 aliphatic rings. The molecule has 0 saturated carbocycles. The molecule has 19 heavy (non-hydrogen) atoms. The first-order chi connectivity index (χ1) is 8.90. The molecule has 7 nitrogen and oxygen atoms in total. The highest BCUT2D eigenvalue weighted by atomic mass is 16.4. The second-order valence-corrected chi connectivity index (χ2v) is 4.05. The number of carbonyl (C=O) groups excluding carboxylic acids is 2. The smallest absolute Gasteiger partial charge is 0.221 e. The molecule has 0 radical (unpaired) electrons. The van der Waals surface area contributed by atoms with Crippen molar-refractivity contribution in [1.29, 1.82) is 0 Å². The molecule has 1 aromatic carbocycles. The SMILES string of the molecule is CC(=O)Nc1cc(C/C(N)=N/O)cc(NC(C)=O)c1. The first-order valence-electron chi connectivity index (χ1n) is 5.56. The number of benzene rings is 1. The minimum atomic E-state index is -0.227. The van der Waals surface area contributed by atoms with Crippen LogP contribution in [-0.4, -0.2) is 22.9 Å². The third kappa shape index (κ3) is 5.07. The number of nitrogens with two attached hydrogens (primary N) is 1. The third-order valence-electron chi connectivity index (χ3n) is 2.15. The number of amides is 2. The molecule has 7 heteroatoms. The highest BCUT2D eigenvalue weighted by molar-refractivity contribution is 5.93. The van der Waals surface area contributed by atoms with Crippen molar-refractivity contribution in [2.75, 3.05) is 10.6 Å². The largest absolute Gasteiger partial charge is 0.409 e. The fraction of sp³-hybridized carbons (Fsp3) is 0.250. The van der Waals surface area contributed by atoms with Gasteiger partial charge in [-0.15, -0.1) is 0 Å². The van der Waals surface area contributed by atoms with Crippen molar-refractivity contribution < 1.29 is 14.8 Å². The number of nitrogens with one attached hydrogen (secondary N) is 2. The van der Waals surface area contributed by atoms with E-state index in [2.05, 4.69) is 15.8 Å². The Hall–Kier alpha value is -2.57. The Morgan fingerprint density at radius 1 is 1.16 bits per heavy atom. The van der Waals surface area contributed by atoms with Crippen LogP contribution in [0.5, 0.6) is 0 Å². The zero-order valence-corrected chi connectivity index (χ0v) is 10.7. The van der Waals surface area contributed by atoms with Gasteiger partial charge < -0.3 is 21.6 Å². The molecule has 0 bridgehead atoms. The predicted octanol–water partition coefficient (Wildman–Crippen LogP) is 0.892. The zero-order chi connectivity index (χ0) is 14.4. The highest BCUT2D eigenvalue weighted by Gasteiger charge is 2.06. The lowest BCUT2D eigenvalue weighted by atomic mass is 10.1. The van der Waals surface area contributed by atoms with E-state index in [9.17, 15) is 9.59 Å². The van der Waals surface area contributed by atoms with Gasteiger partial charge in [-0.2, -0.15) is 0 Å². The summed E-state index contributed by atoms with van der Waals surface area (Å²) in [6, 6.07) is 4.99. The van der Waals surface area contributed by atoms with Crippen molar-refractivity contribution in [3.8, 4) is 0 Å². The van der Waals surface area contributed by atoms with Crippen molar-refractivity contribution in [3.63, 3.8) is 0 Å². The zero-order valence-electron chi connectivity index (χ0n) is 10.7. The molecule has 0 spiro atoms. The molecule has 0 fully saturated rings. The summed E-state index contributed by atoms with van der Waals surface area (Å²) in [4.78, 5) is 22.1. The minimum Gasteiger partial charge on any atom is -0.409 e. The Balaban J connectivity index is 3.07. The average Bonchev–Trinajstić information content (AvgIpc) is 2.26. The molecule has 0 unspecified atom stereocenters. The second kappa shape index (κ2) is 6.39. The summed E-state index contributed by atoms with van der Waals surface area (Å²) in [5.41, 5.74) is 7.19. The van der Waals surface area contributed by atoms with E-state index in [1.54, 1.807) is 18.2 Å². The Morgan fingerprint density at radius 3 is 2.00 bits per heavy atom. The molecular weight excluding hydrogens is 248 g/mol. The first-order valence-corrected chi connectivity index (χ1v) is 5.56. The van der Waals surface area contributed by atoms with Crippen LogP contribution >= 0.6 is 0 Å². The van der Waals surface area contributed by atoms with E-state index >= 15 is 0 Å². The Kier molecular flexibility index (Phi) is 4.87. The van der Waals surface area contributed by atoms with E-state index in [1.165, 1.54) is 13.8 Å². The number of carbonyl (C=O) groups is 2. The van der Waals surface area contributed by atoms with E-state index < -0.39 is 0 Å². The van der Waals surface area contributed by atoms with Crippen LogP contribution in [0.4, 0.5) is 11.4 Å². The molecule has 0 aromatic heterocycles. The highest BCUT2D eigenvalue weighted by Crippen LogP contribution is 2.19. The Bertz CT molecular complexity index is 491. The number of anilines is 2. The molecule has 0 saturated heterocycles. The van der Waals surface area contributed by atoms with Gasteiger partial charge in [0, 0.05) is 31.6 Å². The summed E-state index contributed by atoms with van der Waals surface area (Å²) in [7, 11) is 0. The quantitative estimate of drug-likeness (QED) is 0.279. The van der Waals surface area contributed by atoms with Crippen LogP contribution < -0.4 is 16.4 Å². The summed E-state index contributed by atoms with van der Waals surface area (Å²) < 4.78 is 0. The van der Waals surface area contributed by atoms with Crippen LogP contribution in [0.1, 0.15) is 19.4 Å². The fourth-order valence-electron chi connectivity index (χ4n) is 1.59. The van der Waals surface area contributed by atoms with Crippen LogP contribution in [0.3, 0.4) is 0 Å². The van der Waals surface area contributed by atoms with Crippen molar-refractivity contribution in [1.82, 2.24) is 0 Å². The van der Waals surface area contributed by atoms with Gasteiger partial charge in [-0.25, -0.2) is 0 Å². The van der Waals surface area contributed by atoms with E-state index in [1.807, 2.05) is 0 Å². The van der Waals surface area contributed by atoms with Gasteiger partial charge in [0.1, 0.15) is 5.84 Å². The van der Waals surface area contributed by atoms with Gasteiger partial charge in [0.2, 0.25) is 11.8 Å². The molecule has 1 rings (SSSR count). The number of nitrogens with zero attached hydrogens (tertiary/aromatic N) is 1. The second-order valence-electron chi connectivity index (χ2n) is 4.05. The normalized spacial score (nSPS) is 10.9. The van der Waals surface area contributed by atoms with Crippen LogP contribution in [0.2, 0.25) is 0 Å². The molecule has 102 valence electrons. The van der Waals surface area contributed by atoms with Crippen LogP contribution in [0.15, 0.2) is 23.4 Å². The van der Waals surface area contributed by atoms with Crippen molar-refractivity contribution in [2.45, 2.75) is 20.3 Å². The summed E-state index contributed by atoms with van der Waals surface area (Å²) in [6.45, 7) is 2.77. The standard InChI is InChI=1S/C12H16N4O3/c1-7(17)14-10-3-9(5-12(13)16-19)4-11(6-10)15-8(2)18/h3-4,6,19H,5H2,1-2H3,(H2,13,16)(H,14,17)(H,15,18).